The van der Waals surface area contributed by atoms with E-state index in [4.69, 9.17) is 16.7 Å². The number of hydrogen-bond donors (Lipinski definition) is 3. The van der Waals surface area contributed by atoms with Crippen LogP contribution in [0.25, 0.3) is 16.6 Å². The van der Waals surface area contributed by atoms with Gasteiger partial charge in [-0.1, -0.05) is 21.8 Å². The molecule has 0 spiro atoms. The number of carbonyl (C=O) groups is 2. The molecule has 3 N–H and O–H groups in total. The van der Waals surface area contributed by atoms with E-state index in [0.29, 0.717) is 30.6 Å². The maximum Gasteiger partial charge on any atom is 0.314 e. The second kappa shape index (κ2) is 12.3. The quantitative estimate of drug-likeness (QED) is 0.162. The molecule has 1 heterocycles. The first-order valence-electron chi connectivity index (χ1n) is 12.2. The molecule has 2 aromatic carbocycles. The Hall–Kier alpha value is -2.56. The van der Waals surface area contributed by atoms with Crippen LogP contribution in [0.4, 0.5) is 10.5 Å². The minimum absolute atomic E-state index is 0.178. The Morgan fingerprint density at radius 1 is 1.22 bits per heavy atom. The van der Waals surface area contributed by atoms with E-state index in [1.807, 2.05) is 24.3 Å². The Morgan fingerprint density at radius 3 is 2.54 bits per heavy atom. The number of nitrogens with one attached hydrogen (secondary N) is 3. The molecule has 198 valence electrons. The second-order valence-electron chi connectivity index (χ2n) is 8.95. The van der Waals surface area contributed by atoms with Gasteiger partial charge in [0.1, 0.15) is 5.69 Å². The number of urea groups is 1. The van der Waals surface area contributed by atoms with Gasteiger partial charge in [-0.3, -0.25) is 4.79 Å². The minimum Gasteiger partial charge on any atom is -0.354 e. The Bertz CT molecular complexity index is 1310. The molecule has 1 fully saturated rings. The Kier molecular flexibility index (Phi) is 9.15. The molecule has 1 atom stereocenters. The van der Waals surface area contributed by atoms with E-state index in [2.05, 4.69) is 60.4 Å². The smallest absolute Gasteiger partial charge is 0.314 e. The molecule has 0 bridgehead atoms. The molecule has 37 heavy (non-hydrogen) atoms. The number of carbonyl (C=O) groups excluding carboxylic acids is 2. The zero-order valence-electron chi connectivity index (χ0n) is 21.0. The average Bonchev–Trinajstić information content (AvgIpc) is 3.67. The molecule has 11 heteroatoms. The summed E-state index contributed by atoms with van der Waals surface area (Å²) in [5.74, 6) is 5.00. The first kappa shape index (κ1) is 27.5. The lowest BCUT2D eigenvalue weighted by Crippen LogP contribution is -2.37. The summed E-state index contributed by atoms with van der Waals surface area (Å²) >= 11 is 9.11. The molecular formula is C26H32BrClN6O2S. The topological polar surface area (TPSA) is 91.3 Å². The van der Waals surface area contributed by atoms with Gasteiger partial charge in [0.25, 0.3) is 5.91 Å². The van der Waals surface area contributed by atoms with Crippen LogP contribution in [0, 0.1) is 0 Å². The third-order valence-corrected chi connectivity index (χ3v) is 8.05. The van der Waals surface area contributed by atoms with Gasteiger partial charge in [0.2, 0.25) is 0 Å². The lowest BCUT2D eigenvalue weighted by Gasteiger charge is -2.28. The number of hydrogen-bond acceptors (Lipinski definition) is 4. The zero-order chi connectivity index (χ0) is 26.5. The van der Waals surface area contributed by atoms with Gasteiger partial charge in [0.15, 0.2) is 0 Å². The molecule has 1 unspecified atom stereocenters. The van der Waals surface area contributed by atoms with Crippen LogP contribution in [-0.4, -0.2) is 66.4 Å². The van der Waals surface area contributed by atoms with Crippen molar-refractivity contribution in [1.29, 1.82) is 0 Å². The molecule has 1 aromatic heterocycles. The van der Waals surface area contributed by atoms with Crippen molar-refractivity contribution in [2.24, 2.45) is 0 Å². The molecule has 1 saturated carbocycles. The molecule has 4 rings (SSSR count). The summed E-state index contributed by atoms with van der Waals surface area (Å²) in [6.07, 6.45) is 5.11. The van der Waals surface area contributed by atoms with Crippen molar-refractivity contribution < 1.29 is 9.59 Å². The highest BCUT2D eigenvalue weighted by molar-refractivity contribution is 9.10. The van der Waals surface area contributed by atoms with Crippen LogP contribution in [0.1, 0.15) is 41.2 Å². The molecule has 1 aliphatic carbocycles. The van der Waals surface area contributed by atoms with Crippen molar-refractivity contribution in [3.05, 3.63) is 52.1 Å². The minimum atomic E-state index is -0.294. The highest BCUT2D eigenvalue weighted by Gasteiger charge is 2.30. The molecular weight excluding hydrogens is 576 g/mol. The standard InChI is InChI=1S/C26H32BrClN6O2S/c1-29-25(35)24-21-15-20(17-5-6-17)23(16-22(21)32-34(24)19-9-7-18(27)8-10-19)33(37(2)3)14-4-12-30-26(36)31-13-11-28/h7-10,15-17H,2,4-6,11-14H2,1,3H3,(H,29,35)(H2,30,31,36). The molecule has 0 saturated heterocycles. The van der Waals surface area contributed by atoms with Crippen molar-refractivity contribution in [1.82, 2.24) is 25.7 Å². The van der Waals surface area contributed by atoms with E-state index in [9.17, 15) is 9.59 Å². The average molecular weight is 608 g/mol. The summed E-state index contributed by atoms with van der Waals surface area (Å²) in [7, 11) is 1.35. The molecule has 1 aliphatic rings. The normalized spacial score (nSPS) is 13.8. The number of benzene rings is 2. The van der Waals surface area contributed by atoms with Crippen molar-refractivity contribution in [3.8, 4) is 5.69 Å². The van der Waals surface area contributed by atoms with Gasteiger partial charge in [-0.15, -0.1) is 22.3 Å². The number of aromatic nitrogens is 2. The third kappa shape index (κ3) is 6.48. The van der Waals surface area contributed by atoms with Crippen molar-refractivity contribution in [2.75, 3.05) is 43.1 Å². The summed E-state index contributed by atoms with van der Waals surface area (Å²) in [5, 5.41) is 14.1. The summed E-state index contributed by atoms with van der Waals surface area (Å²) in [6, 6.07) is 11.8. The van der Waals surface area contributed by atoms with Crippen LogP contribution >= 0.6 is 38.2 Å². The van der Waals surface area contributed by atoms with Gasteiger partial charge in [0.05, 0.1) is 16.9 Å². The maximum absolute atomic E-state index is 13.0. The Balaban J connectivity index is 1.69. The number of fused-ring (bicyclic) bond motifs is 1. The van der Waals surface area contributed by atoms with Crippen LogP contribution in [0.15, 0.2) is 40.9 Å². The van der Waals surface area contributed by atoms with E-state index in [1.54, 1.807) is 11.7 Å². The summed E-state index contributed by atoms with van der Waals surface area (Å²) in [4.78, 5) is 24.9. The monoisotopic (exact) mass is 606 g/mol. The number of nitrogens with zero attached hydrogens (tertiary/aromatic N) is 3. The van der Waals surface area contributed by atoms with Gasteiger partial charge in [-0.2, -0.15) is 5.10 Å². The fraction of sp³-hybridized carbons (Fsp3) is 0.385. The number of rotatable bonds is 11. The molecule has 0 radical (unpaired) electrons. The van der Waals surface area contributed by atoms with E-state index in [0.717, 1.165) is 52.6 Å². The van der Waals surface area contributed by atoms with Crippen molar-refractivity contribution in [3.63, 3.8) is 0 Å². The largest absolute Gasteiger partial charge is 0.354 e. The second-order valence-corrected chi connectivity index (χ2v) is 11.9. The fourth-order valence-electron chi connectivity index (χ4n) is 4.27. The Labute approximate surface area is 233 Å². The number of halogens is 2. The zero-order valence-corrected chi connectivity index (χ0v) is 24.2. The van der Waals surface area contributed by atoms with E-state index >= 15 is 0 Å². The van der Waals surface area contributed by atoms with Gasteiger partial charge in [-0.25, -0.2) is 9.48 Å². The maximum atomic E-state index is 13.0. The lowest BCUT2D eigenvalue weighted by atomic mass is 10.0. The first-order chi connectivity index (χ1) is 17.8. The molecule has 0 aliphatic heterocycles. The van der Waals surface area contributed by atoms with Crippen molar-refractivity contribution in [2.45, 2.75) is 25.2 Å². The van der Waals surface area contributed by atoms with Crippen LogP contribution in [0.5, 0.6) is 0 Å². The molecule has 3 amide bonds. The van der Waals surface area contributed by atoms with Crippen LogP contribution in [0.3, 0.4) is 0 Å². The van der Waals surface area contributed by atoms with Gasteiger partial charge in [0, 0.05) is 42.4 Å². The summed E-state index contributed by atoms with van der Waals surface area (Å²) in [6.45, 7) is 1.72. The predicted octanol–water partition coefficient (Wildman–Crippen LogP) is 5.01. The van der Waals surface area contributed by atoms with Crippen LogP contribution < -0.4 is 20.3 Å². The SMILES string of the molecule is C=S(C)N(CCCNC(=O)NCCCl)c1cc2nn(-c3ccc(Br)cc3)c(C(=O)NC)c2cc1C1CC1. The summed E-state index contributed by atoms with van der Waals surface area (Å²) in [5.41, 5.74) is 4.43. The van der Waals surface area contributed by atoms with Gasteiger partial charge in [-0.05, 0) is 73.4 Å². The number of amides is 3. The lowest BCUT2D eigenvalue weighted by molar-refractivity contribution is 0.0957. The van der Waals surface area contributed by atoms with E-state index in [1.165, 1.54) is 5.56 Å². The molecule has 8 nitrogen and oxygen atoms in total. The number of alkyl halides is 1. The Morgan fingerprint density at radius 2 is 1.92 bits per heavy atom. The first-order valence-corrected chi connectivity index (χ1v) is 15.3. The summed E-state index contributed by atoms with van der Waals surface area (Å²) < 4.78 is 4.98. The van der Waals surface area contributed by atoms with Crippen LogP contribution in [-0.2, 0) is 0 Å². The van der Waals surface area contributed by atoms with Crippen LogP contribution in [0.2, 0.25) is 0 Å². The highest BCUT2D eigenvalue weighted by atomic mass is 79.9. The number of anilines is 1. The van der Waals surface area contributed by atoms with E-state index < -0.39 is 0 Å². The predicted molar refractivity (Wildman–Crippen MR) is 159 cm³/mol. The molecule has 3 aromatic rings. The van der Waals surface area contributed by atoms with Gasteiger partial charge >= 0.3 is 6.03 Å². The highest BCUT2D eigenvalue weighted by Crippen LogP contribution is 2.47. The fourth-order valence-corrected chi connectivity index (χ4v) is 5.57. The third-order valence-electron chi connectivity index (χ3n) is 6.20. The van der Waals surface area contributed by atoms with Crippen molar-refractivity contribution >= 4 is 72.6 Å². The van der Waals surface area contributed by atoms with Gasteiger partial charge < -0.3 is 20.3 Å². The van der Waals surface area contributed by atoms with E-state index in [-0.39, 0.29) is 22.6 Å².